The fourth-order valence-corrected chi connectivity index (χ4v) is 6.88. The van der Waals surface area contributed by atoms with Gasteiger partial charge in [0.05, 0.1) is 4.90 Å². The minimum atomic E-state index is -3.46. The maximum Gasteiger partial charge on any atom is 0.243 e. The Labute approximate surface area is 173 Å². The second-order valence-corrected chi connectivity index (χ2v) is 10.3. The van der Waals surface area contributed by atoms with E-state index in [0.29, 0.717) is 29.8 Å². The summed E-state index contributed by atoms with van der Waals surface area (Å²) in [4.78, 5) is 0.398. The van der Waals surface area contributed by atoms with E-state index in [4.69, 9.17) is 0 Å². The molecule has 2 aliphatic rings. The smallest absolute Gasteiger partial charge is 0.207 e. The third-order valence-corrected chi connectivity index (χ3v) is 8.71. The van der Waals surface area contributed by atoms with Crippen LogP contribution in [-0.2, 0) is 15.4 Å². The third kappa shape index (κ3) is 2.85. The molecule has 1 aliphatic heterocycles. The molecule has 3 aromatic rings. The molecule has 0 aromatic heterocycles. The quantitative estimate of drug-likeness (QED) is 0.637. The van der Waals surface area contributed by atoms with E-state index in [1.54, 1.807) is 16.4 Å². The molecular weight excluding hydrogens is 378 g/mol. The van der Waals surface area contributed by atoms with Crippen LogP contribution in [0.15, 0.2) is 89.8 Å². The molecule has 0 amide bonds. The van der Waals surface area contributed by atoms with Crippen LogP contribution < -0.4 is 0 Å². The molecule has 1 saturated heterocycles. The molecule has 0 radical (unpaired) electrons. The van der Waals surface area contributed by atoms with E-state index < -0.39 is 10.0 Å². The molecule has 29 heavy (non-hydrogen) atoms. The largest absolute Gasteiger partial charge is 0.243 e. The van der Waals surface area contributed by atoms with E-state index in [-0.39, 0.29) is 5.41 Å². The van der Waals surface area contributed by atoms with Crippen molar-refractivity contribution in [2.45, 2.75) is 23.7 Å². The van der Waals surface area contributed by atoms with Crippen LogP contribution in [0.4, 0.5) is 0 Å². The van der Waals surface area contributed by atoms with Crippen molar-refractivity contribution >= 4 is 10.0 Å². The van der Waals surface area contributed by atoms with E-state index >= 15 is 0 Å². The molecule has 148 valence electrons. The van der Waals surface area contributed by atoms with Gasteiger partial charge in [0.1, 0.15) is 0 Å². The van der Waals surface area contributed by atoms with Crippen LogP contribution in [0.1, 0.15) is 23.1 Å². The minimum absolute atomic E-state index is 0.106. The van der Waals surface area contributed by atoms with Crippen LogP contribution in [0.25, 0.3) is 0 Å². The summed E-state index contributed by atoms with van der Waals surface area (Å²) in [6, 6.07) is 28.4. The number of benzene rings is 3. The van der Waals surface area contributed by atoms with Crippen molar-refractivity contribution in [3.05, 3.63) is 102 Å². The number of sulfonamides is 1. The Bertz CT molecular complexity index is 1070. The molecule has 0 spiro atoms. The number of aryl methyl sites for hydroxylation is 1. The molecule has 3 nitrogen and oxygen atoms in total. The van der Waals surface area contributed by atoms with Crippen molar-refractivity contribution in [1.29, 1.82) is 0 Å². The molecule has 1 aliphatic carbocycles. The molecule has 5 rings (SSSR count). The van der Waals surface area contributed by atoms with Crippen LogP contribution in [0, 0.1) is 18.8 Å². The van der Waals surface area contributed by atoms with Crippen LogP contribution in [0.3, 0.4) is 0 Å². The highest BCUT2D eigenvalue weighted by atomic mass is 32.2. The molecule has 4 heteroatoms. The summed E-state index contributed by atoms with van der Waals surface area (Å²) in [6.45, 7) is 3.16. The Kier molecular flexibility index (Phi) is 4.37. The zero-order chi connectivity index (χ0) is 20.1. The first kappa shape index (κ1) is 18.6. The Hall–Kier alpha value is -2.43. The van der Waals surface area contributed by atoms with Gasteiger partial charge in [-0.05, 0) is 48.4 Å². The van der Waals surface area contributed by atoms with Gasteiger partial charge in [-0.3, -0.25) is 0 Å². The monoisotopic (exact) mass is 403 g/mol. The minimum Gasteiger partial charge on any atom is -0.207 e. The van der Waals surface area contributed by atoms with Crippen LogP contribution in [-0.4, -0.2) is 25.8 Å². The maximum absolute atomic E-state index is 13.3. The van der Waals surface area contributed by atoms with Gasteiger partial charge < -0.3 is 0 Å². The van der Waals surface area contributed by atoms with Gasteiger partial charge in [-0.25, -0.2) is 8.42 Å². The van der Waals surface area contributed by atoms with Crippen LogP contribution >= 0.6 is 0 Å². The number of rotatable bonds is 4. The van der Waals surface area contributed by atoms with E-state index in [2.05, 4.69) is 48.5 Å². The zero-order valence-corrected chi connectivity index (χ0v) is 17.3. The van der Waals surface area contributed by atoms with Gasteiger partial charge in [-0.15, -0.1) is 0 Å². The highest BCUT2D eigenvalue weighted by Crippen LogP contribution is 2.60. The molecule has 1 heterocycles. The summed E-state index contributed by atoms with van der Waals surface area (Å²) in [7, 11) is -3.46. The fourth-order valence-electron chi connectivity index (χ4n) is 5.36. The maximum atomic E-state index is 13.3. The first-order chi connectivity index (χ1) is 14.0. The Morgan fingerprint density at radius 1 is 0.793 bits per heavy atom. The lowest BCUT2D eigenvalue weighted by Crippen LogP contribution is -2.51. The lowest BCUT2D eigenvalue weighted by Gasteiger charge is -2.53. The predicted octanol–water partition coefficient (Wildman–Crippen LogP) is 4.62. The van der Waals surface area contributed by atoms with Gasteiger partial charge in [0.2, 0.25) is 10.0 Å². The number of hydrogen-bond donors (Lipinski definition) is 0. The molecule has 3 aromatic carbocycles. The number of fused-ring (bicyclic) bond motifs is 1. The summed E-state index contributed by atoms with van der Waals surface area (Å²) in [6.07, 6.45) is 0.992. The molecule has 0 unspecified atom stereocenters. The highest BCUT2D eigenvalue weighted by Gasteiger charge is 2.60. The summed E-state index contributed by atoms with van der Waals surface area (Å²) in [5, 5.41) is 0. The van der Waals surface area contributed by atoms with Crippen molar-refractivity contribution in [3.63, 3.8) is 0 Å². The average Bonchev–Trinajstić information content (AvgIpc) is 3.09. The topological polar surface area (TPSA) is 37.4 Å². The SMILES string of the molecule is Cc1ccc(S(=O)(=O)N2C[C@H]3CC(c4ccccc4)(c4ccccc4)[C@H]3C2)cc1. The normalized spacial score (nSPS) is 23.3. The van der Waals surface area contributed by atoms with Gasteiger partial charge in [0.15, 0.2) is 0 Å². The van der Waals surface area contributed by atoms with Gasteiger partial charge in [0, 0.05) is 18.5 Å². The highest BCUT2D eigenvalue weighted by molar-refractivity contribution is 7.89. The summed E-state index contributed by atoms with van der Waals surface area (Å²) in [5.41, 5.74) is 3.55. The van der Waals surface area contributed by atoms with Gasteiger partial charge in [-0.2, -0.15) is 4.31 Å². The lowest BCUT2D eigenvalue weighted by molar-refractivity contribution is 0.111. The number of hydrogen-bond acceptors (Lipinski definition) is 2. The first-order valence-electron chi connectivity index (χ1n) is 10.2. The van der Waals surface area contributed by atoms with Crippen LogP contribution in [0.2, 0.25) is 0 Å². The summed E-state index contributed by atoms with van der Waals surface area (Å²) < 4.78 is 28.3. The molecule has 2 atom stereocenters. The zero-order valence-electron chi connectivity index (χ0n) is 16.5. The van der Waals surface area contributed by atoms with Crippen molar-refractivity contribution in [1.82, 2.24) is 4.31 Å². The number of nitrogens with zero attached hydrogens (tertiary/aromatic N) is 1. The molecule has 0 N–H and O–H groups in total. The van der Waals surface area contributed by atoms with Crippen molar-refractivity contribution in [2.24, 2.45) is 11.8 Å². The van der Waals surface area contributed by atoms with Crippen molar-refractivity contribution in [2.75, 3.05) is 13.1 Å². The summed E-state index contributed by atoms with van der Waals surface area (Å²) >= 11 is 0. The van der Waals surface area contributed by atoms with E-state index in [0.717, 1.165) is 12.0 Å². The van der Waals surface area contributed by atoms with Crippen molar-refractivity contribution in [3.8, 4) is 0 Å². The Morgan fingerprint density at radius 2 is 1.34 bits per heavy atom. The predicted molar refractivity (Wildman–Crippen MR) is 115 cm³/mol. The third-order valence-electron chi connectivity index (χ3n) is 6.86. The second kappa shape index (κ2) is 6.82. The van der Waals surface area contributed by atoms with Crippen LogP contribution in [0.5, 0.6) is 0 Å². The van der Waals surface area contributed by atoms with E-state index in [1.165, 1.54) is 11.1 Å². The first-order valence-corrected chi connectivity index (χ1v) is 11.6. The summed E-state index contributed by atoms with van der Waals surface area (Å²) in [5.74, 6) is 0.697. The van der Waals surface area contributed by atoms with E-state index in [1.807, 2.05) is 31.2 Å². The second-order valence-electron chi connectivity index (χ2n) is 8.41. The molecule has 2 fully saturated rings. The standard InChI is InChI=1S/C25H25NO2S/c1-19-12-14-23(15-13-19)29(27,28)26-17-20-16-25(24(20)18-26,21-8-4-2-5-9-21)22-10-6-3-7-11-22/h2-15,20,24H,16-18H2,1H3/t20-,24+/m1/s1. The average molecular weight is 404 g/mol. The molecular formula is C25H25NO2S. The van der Waals surface area contributed by atoms with Gasteiger partial charge in [0.25, 0.3) is 0 Å². The Balaban J connectivity index is 1.51. The fraction of sp³-hybridized carbons (Fsp3) is 0.280. The molecule has 0 bridgehead atoms. The Morgan fingerprint density at radius 3 is 1.90 bits per heavy atom. The van der Waals surface area contributed by atoms with Crippen molar-refractivity contribution < 1.29 is 8.42 Å². The van der Waals surface area contributed by atoms with Gasteiger partial charge in [-0.1, -0.05) is 78.4 Å². The van der Waals surface area contributed by atoms with Gasteiger partial charge >= 0.3 is 0 Å². The molecule has 1 saturated carbocycles. The lowest BCUT2D eigenvalue weighted by atomic mass is 9.49. The van der Waals surface area contributed by atoms with E-state index in [9.17, 15) is 8.42 Å².